The molecule has 0 aromatic heterocycles. The van der Waals surface area contributed by atoms with E-state index in [1.165, 1.54) is 28.5 Å². The topological polar surface area (TPSA) is 32.3 Å². The molecule has 4 rings (SSSR count). The van der Waals surface area contributed by atoms with Crippen LogP contribution in [0.15, 0.2) is 66.7 Å². The predicted molar refractivity (Wildman–Crippen MR) is 112 cm³/mol. The molecule has 30 heavy (non-hydrogen) atoms. The molecule has 156 valence electrons. The fourth-order valence-electron chi connectivity index (χ4n) is 3.72. The second-order valence-corrected chi connectivity index (χ2v) is 7.72. The fraction of sp³-hybridized carbons (Fsp3) is 0.292. The molecule has 0 bridgehead atoms. The van der Waals surface area contributed by atoms with Gasteiger partial charge in [-0.25, -0.2) is 0 Å². The summed E-state index contributed by atoms with van der Waals surface area (Å²) in [6.45, 7) is 1.32. The third-order valence-corrected chi connectivity index (χ3v) is 5.42. The second-order valence-electron chi connectivity index (χ2n) is 7.72. The summed E-state index contributed by atoms with van der Waals surface area (Å²) in [5, 5.41) is 4.99. The Balaban J connectivity index is 1.39. The Hall–Kier alpha value is -2.86. The Labute approximate surface area is 173 Å². The number of rotatable bonds is 7. The van der Waals surface area contributed by atoms with Crippen LogP contribution in [0.25, 0.3) is 10.8 Å². The highest BCUT2D eigenvalue weighted by atomic mass is 19.4. The van der Waals surface area contributed by atoms with Crippen molar-refractivity contribution in [2.24, 2.45) is 0 Å². The molecule has 0 aliphatic heterocycles. The van der Waals surface area contributed by atoms with Crippen LogP contribution in [0.2, 0.25) is 0 Å². The zero-order chi connectivity index (χ0) is 21.1. The van der Waals surface area contributed by atoms with Crippen molar-refractivity contribution in [3.05, 3.63) is 77.9 Å². The van der Waals surface area contributed by atoms with E-state index in [2.05, 4.69) is 34.5 Å². The van der Waals surface area contributed by atoms with Crippen LogP contribution in [0.1, 0.15) is 30.4 Å². The molecular weight excluding hydrogens is 389 g/mol. The van der Waals surface area contributed by atoms with Crippen LogP contribution in [0.4, 0.5) is 18.9 Å². The molecule has 1 amide bonds. The number of hydrogen-bond acceptors (Lipinski definition) is 2. The monoisotopic (exact) mass is 412 g/mol. The molecule has 0 heterocycles. The summed E-state index contributed by atoms with van der Waals surface area (Å²) in [7, 11) is 0. The molecular formula is C24H23F3N2O. The summed E-state index contributed by atoms with van der Waals surface area (Å²) in [4.78, 5) is 14.7. The van der Waals surface area contributed by atoms with Crippen LogP contribution in [-0.2, 0) is 17.5 Å². The van der Waals surface area contributed by atoms with Crippen LogP contribution < -0.4 is 5.32 Å². The van der Waals surface area contributed by atoms with E-state index >= 15 is 0 Å². The Morgan fingerprint density at radius 1 is 1.00 bits per heavy atom. The van der Waals surface area contributed by atoms with Gasteiger partial charge in [-0.3, -0.25) is 9.69 Å². The van der Waals surface area contributed by atoms with E-state index in [4.69, 9.17) is 0 Å². The van der Waals surface area contributed by atoms with Crippen molar-refractivity contribution < 1.29 is 18.0 Å². The minimum Gasteiger partial charge on any atom is -0.326 e. The zero-order valence-electron chi connectivity index (χ0n) is 16.5. The molecule has 3 aromatic carbocycles. The maximum absolute atomic E-state index is 12.9. The Morgan fingerprint density at radius 2 is 1.73 bits per heavy atom. The van der Waals surface area contributed by atoms with Gasteiger partial charge >= 0.3 is 6.18 Å². The smallest absolute Gasteiger partial charge is 0.326 e. The number of alkyl halides is 3. The van der Waals surface area contributed by atoms with Gasteiger partial charge in [0.1, 0.15) is 0 Å². The first-order chi connectivity index (χ1) is 14.4. The van der Waals surface area contributed by atoms with Gasteiger partial charge in [-0.15, -0.1) is 0 Å². The number of hydrogen-bond donors (Lipinski definition) is 1. The van der Waals surface area contributed by atoms with Crippen molar-refractivity contribution in [1.29, 1.82) is 0 Å². The van der Waals surface area contributed by atoms with Crippen LogP contribution in [0.3, 0.4) is 0 Å². The van der Waals surface area contributed by atoms with E-state index in [9.17, 15) is 18.0 Å². The normalized spacial score (nSPS) is 14.3. The number of anilines is 1. The minimum atomic E-state index is -4.43. The number of halogens is 3. The summed E-state index contributed by atoms with van der Waals surface area (Å²) >= 11 is 0. The molecule has 3 nitrogen and oxygen atoms in total. The minimum absolute atomic E-state index is 0.168. The number of carbonyl (C=O) groups excluding carboxylic acids is 1. The van der Waals surface area contributed by atoms with Crippen LogP contribution in [0.5, 0.6) is 0 Å². The Morgan fingerprint density at radius 3 is 2.50 bits per heavy atom. The molecule has 1 fully saturated rings. The first-order valence-electron chi connectivity index (χ1n) is 10.1. The molecule has 0 atom stereocenters. The van der Waals surface area contributed by atoms with Crippen molar-refractivity contribution in [3.63, 3.8) is 0 Å². The average Bonchev–Trinajstić information content (AvgIpc) is 3.56. The van der Waals surface area contributed by atoms with Crippen molar-refractivity contribution in [2.45, 2.75) is 38.0 Å². The molecule has 6 heteroatoms. The Bertz CT molecular complexity index is 1040. The van der Waals surface area contributed by atoms with E-state index in [0.29, 0.717) is 12.6 Å². The van der Waals surface area contributed by atoms with Gasteiger partial charge in [0.2, 0.25) is 5.91 Å². The summed E-state index contributed by atoms with van der Waals surface area (Å²) in [6.07, 6.45) is -1.97. The highest BCUT2D eigenvalue weighted by Gasteiger charge is 2.31. The third-order valence-electron chi connectivity index (χ3n) is 5.42. The van der Waals surface area contributed by atoms with Crippen molar-refractivity contribution >= 4 is 22.4 Å². The lowest BCUT2D eigenvalue weighted by molar-refractivity contribution is -0.137. The van der Waals surface area contributed by atoms with Gasteiger partial charge in [0.25, 0.3) is 0 Å². The van der Waals surface area contributed by atoms with Gasteiger partial charge in [-0.1, -0.05) is 48.5 Å². The lowest BCUT2D eigenvalue weighted by Crippen LogP contribution is -2.29. The van der Waals surface area contributed by atoms with Crippen LogP contribution in [0, 0.1) is 0 Å². The maximum Gasteiger partial charge on any atom is 0.416 e. The first-order valence-corrected chi connectivity index (χ1v) is 10.1. The van der Waals surface area contributed by atoms with E-state index in [1.807, 2.05) is 18.2 Å². The molecule has 1 aliphatic carbocycles. The molecule has 3 aromatic rings. The van der Waals surface area contributed by atoms with Gasteiger partial charge in [0, 0.05) is 31.2 Å². The van der Waals surface area contributed by atoms with Gasteiger partial charge in [-0.2, -0.15) is 13.2 Å². The van der Waals surface area contributed by atoms with Gasteiger partial charge in [-0.05, 0) is 47.4 Å². The Kier molecular flexibility index (Phi) is 5.77. The number of nitrogens with zero attached hydrogens (tertiary/aromatic N) is 1. The molecule has 1 saturated carbocycles. The standard InChI is InChI=1S/C24H23F3N2O/c25-24(26,27)19-8-4-9-20(15-19)28-23(30)13-14-29(21-11-12-21)16-18-7-3-6-17-5-1-2-10-22(17)18/h1-10,15,21H,11-14,16H2,(H,28,30). The first kappa shape index (κ1) is 20.4. The molecule has 1 N–H and O–H groups in total. The van der Waals surface area contributed by atoms with Crippen molar-refractivity contribution in [2.75, 3.05) is 11.9 Å². The summed E-state index contributed by atoms with van der Waals surface area (Å²) < 4.78 is 38.6. The second kappa shape index (κ2) is 8.48. The maximum atomic E-state index is 12.9. The third kappa shape index (κ3) is 5.00. The average molecular weight is 412 g/mol. The van der Waals surface area contributed by atoms with E-state index in [1.54, 1.807) is 0 Å². The number of benzene rings is 3. The molecule has 0 spiro atoms. The highest BCUT2D eigenvalue weighted by Crippen LogP contribution is 2.31. The molecule has 0 radical (unpaired) electrons. The summed E-state index contributed by atoms with van der Waals surface area (Å²) in [5.41, 5.74) is 0.621. The number of fused-ring (bicyclic) bond motifs is 1. The fourth-order valence-corrected chi connectivity index (χ4v) is 3.72. The predicted octanol–water partition coefficient (Wildman–Crippen LogP) is 5.85. The van der Waals surface area contributed by atoms with E-state index in [0.717, 1.165) is 31.5 Å². The van der Waals surface area contributed by atoms with Crippen molar-refractivity contribution in [1.82, 2.24) is 4.90 Å². The largest absolute Gasteiger partial charge is 0.416 e. The number of nitrogens with one attached hydrogen (secondary N) is 1. The SMILES string of the molecule is O=C(CCN(Cc1cccc2ccccc12)C1CC1)Nc1cccc(C(F)(F)F)c1. The van der Waals surface area contributed by atoms with E-state index in [-0.39, 0.29) is 18.0 Å². The molecule has 1 aliphatic rings. The molecule has 0 unspecified atom stereocenters. The molecule has 0 saturated heterocycles. The highest BCUT2D eigenvalue weighted by molar-refractivity contribution is 5.91. The van der Waals surface area contributed by atoms with Gasteiger partial charge in [0.15, 0.2) is 0 Å². The zero-order valence-corrected chi connectivity index (χ0v) is 16.5. The summed E-state index contributed by atoms with van der Waals surface area (Å²) in [6, 6.07) is 19.7. The lowest BCUT2D eigenvalue weighted by Gasteiger charge is -2.22. The van der Waals surface area contributed by atoms with Crippen LogP contribution in [-0.4, -0.2) is 23.4 Å². The summed E-state index contributed by atoms with van der Waals surface area (Å²) in [5.74, 6) is -0.280. The lowest BCUT2D eigenvalue weighted by atomic mass is 10.0. The number of amides is 1. The van der Waals surface area contributed by atoms with Gasteiger partial charge in [0.05, 0.1) is 5.56 Å². The quantitative estimate of drug-likeness (QED) is 0.528. The van der Waals surface area contributed by atoms with Crippen molar-refractivity contribution in [3.8, 4) is 0 Å². The number of carbonyl (C=O) groups is 1. The van der Waals surface area contributed by atoms with Gasteiger partial charge < -0.3 is 5.32 Å². The van der Waals surface area contributed by atoms with Crippen LogP contribution >= 0.6 is 0 Å². The van der Waals surface area contributed by atoms with E-state index < -0.39 is 11.7 Å².